The van der Waals surface area contributed by atoms with Crippen molar-refractivity contribution in [3.63, 3.8) is 0 Å². The van der Waals surface area contributed by atoms with Crippen molar-refractivity contribution < 1.29 is 18.7 Å². The van der Waals surface area contributed by atoms with Gasteiger partial charge in [-0.2, -0.15) is 0 Å². The number of aryl methyl sites for hydroxylation is 1. The number of rotatable bonds is 7. The summed E-state index contributed by atoms with van der Waals surface area (Å²) >= 11 is 0. The number of nitrogens with zero attached hydrogens (tertiary/aromatic N) is 1. The maximum atomic E-state index is 13.2. The number of ether oxygens (including phenoxy) is 1. The summed E-state index contributed by atoms with van der Waals surface area (Å²) in [4.78, 5) is 27.4. The Hall–Kier alpha value is -3.54. The third-order valence-corrected chi connectivity index (χ3v) is 6.63. The van der Waals surface area contributed by atoms with Gasteiger partial charge in [0.1, 0.15) is 18.1 Å². The molecule has 5 rings (SSSR count). The minimum Gasteiger partial charge on any atom is -0.486 e. The van der Waals surface area contributed by atoms with Crippen LogP contribution in [0, 0.1) is 12.8 Å². The zero-order chi connectivity index (χ0) is 24.5. The standard InChI is InChI=1S/C29H32N2O4/c1-18(2)30-28(32)26-13-12-24(35-26)17-34-23-11-10-20-14-15-31(29(33)22-8-9-22)27(25(20)16-23)21-6-4-19(3)5-7-21/h4-7,10-13,16,18,22,27H,8-9,14-15,17H2,1-3H3,(H,30,32)/t27-/m1/s1. The van der Waals surface area contributed by atoms with E-state index >= 15 is 0 Å². The Morgan fingerprint density at radius 2 is 1.86 bits per heavy atom. The highest BCUT2D eigenvalue weighted by atomic mass is 16.5. The number of amides is 2. The Kier molecular flexibility index (Phi) is 6.37. The molecule has 35 heavy (non-hydrogen) atoms. The molecule has 0 unspecified atom stereocenters. The fraction of sp³-hybridized carbons (Fsp3) is 0.379. The summed E-state index contributed by atoms with van der Waals surface area (Å²) in [6.45, 7) is 6.83. The van der Waals surface area contributed by atoms with Crippen LogP contribution in [0.4, 0.5) is 0 Å². The highest BCUT2D eigenvalue weighted by Crippen LogP contribution is 2.41. The maximum absolute atomic E-state index is 13.2. The molecule has 0 bridgehead atoms. The number of nitrogens with one attached hydrogen (secondary N) is 1. The van der Waals surface area contributed by atoms with Gasteiger partial charge in [-0.3, -0.25) is 9.59 Å². The lowest BCUT2D eigenvalue weighted by molar-refractivity contribution is -0.134. The van der Waals surface area contributed by atoms with Gasteiger partial charge in [-0.15, -0.1) is 0 Å². The van der Waals surface area contributed by atoms with Crippen LogP contribution in [0.1, 0.15) is 71.3 Å². The fourth-order valence-electron chi connectivity index (χ4n) is 4.66. The molecule has 0 saturated heterocycles. The minimum absolute atomic E-state index is 0.0376. The normalized spacial score (nSPS) is 17.3. The molecule has 3 aromatic rings. The molecule has 2 aromatic carbocycles. The number of hydrogen-bond donors (Lipinski definition) is 1. The van der Waals surface area contributed by atoms with Crippen molar-refractivity contribution in [1.29, 1.82) is 0 Å². The molecule has 1 atom stereocenters. The molecule has 6 nitrogen and oxygen atoms in total. The first-order chi connectivity index (χ1) is 16.9. The van der Waals surface area contributed by atoms with Crippen molar-refractivity contribution in [3.05, 3.63) is 88.4 Å². The van der Waals surface area contributed by atoms with Gasteiger partial charge in [-0.1, -0.05) is 35.9 Å². The predicted molar refractivity (Wildman–Crippen MR) is 133 cm³/mol. The van der Waals surface area contributed by atoms with Gasteiger partial charge in [0.25, 0.3) is 5.91 Å². The molecule has 1 aliphatic heterocycles. The summed E-state index contributed by atoms with van der Waals surface area (Å²) in [5.41, 5.74) is 4.67. The highest BCUT2D eigenvalue weighted by molar-refractivity contribution is 5.91. The third-order valence-electron chi connectivity index (χ3n) is 6.63. The molecule has 2 aliphatic rings. The van der Waals surface area contributed by atoms with Gasteiger partial charge in [-0.05, 0) is 81.0 Å². The average Bonchev–Trinajstić information content (AvgIpc) is 3.59. The van der Waals surface area contributed by atoms with E-state index in [1.54, 1.807) is 12.1 Å². The Morgan fingerprint density at radius 3 is 2.57 bits per heavy atom. The zero-order valence-corrected chi connectivity index (χ0v) is 20.5. The van der Waals surface area contributed by atoms with E-state index in [1.807, 2.05) is 19.9 Å². The number of hydrogen-bond acceptors (Lipinski definition) is 4. The molecule has 0 radical (unpaired) electrons. The van der Waals surface area contributed by atoms with Crippen LogP contribution in [0.15, 0.2) is 59.0 Å². The molecule has 182 valence electrons. The van der Waals surface area contributed by atoms with Crippen LogP contribution in [-0.2, 0) is 17.8 Å². The second-order valence-corrected chi connectivity index (χ2v) is 9.91. The molecular weight excluding hydrogens is 440 g/mol. The molecule has 1 saturated carbocycles. The van der Waals surface area contributed by atoms with Crippen molar-refractivity contribution in [2.75, 3.05) is 6.54 Å². The smallest absolute Gasteiger partial charge is 0.287 e. The maximum Gasteiger partial charge on any atom is 0.287 e. The molecule has 2 amide bonds. The first kappa shape index (κ1) is 23.2. The van der Waals surface area contributed by atoms with E-state index in [9.17, 15) is 9.59 Å². The van der Waals surface area contributed by atoms with Gasteiger partial charge in [0, 0.05) is 18.5 Å². The molecular formula is C29H32N2O4. The lowest BCUT2D eigenvalue weighted by Crippen LogP contribution is -2.41. The van der Waals surface area contributed by atoms with Crippen molar-refractivity contribution in [1.82, 2.24) is 10.2 Å². The van der Waals surface area contributed by atoms with Gasteiger partial charge < -0.3 is 19.4 Å². The first-order valence-corrected chi connectivity index (χ1v) is 12.4. The van der Waals surface area contributed by atoms with Crippen LogP contribution in [0.2, 0.25) is 0 Å². The Bertz CT molecular complexity index is 1220. The highest BCUT2D eigenvalue weighted by Gasteiger charge is 2.39. The number of fused-ring (bicyclic) bond motifs is 1. The predicted octanol–water partition coefficient (Wildman–Crippen LogP) is 5.19. The summed E-state index contributed by atoms with van der Waals surface area (Å²) < 4.78 is 11.7. The molecule has 2 heterocycles. The van der Waals surface area contributed by atoms with Crippen LogP contribution in [0.5, 0.6) is 5.75 Å². The summed E-state index contributed by atoms with van der Waals surface area (Å²) in [6.07, 6.45) is 2.82. The summed E-state index contributed by atoms with van der Waals surface area (Å²) in [5, 5.41) is 2.82. The van der Waals surface area contributed by atoms with E-state index in [0.717, 1.165) is 36.9 Å². The molecule has 1 aliphatic carbocycles. The molecule has 1 N–H and O–H groups in total. The van der Waals surface area contributed by atoms with Crippen LogP contribution >= 0.6 is 0 Å². The molecule has 0 spiro atoms. The minimum atomic E-state index is -0.235. The number of benzene rings is 2. The van der Waals surface area contributed by atoms with Gasteiger partial charge in [0.15, 0.2) is 5.76 Å². The van der Waals surface area contributed by atoms with Crippen LogP contribution in [0.25, 0.3) is 0 Å². The van der Waals surface area contributed by atoms with E-state index < -0.39 is 0 Å². The SMILES string of the molecule is Cc1ccc([C@@H]2c3cc(OCc4ccc(C(=O)NC(C)C)o4)ccc3CCN2C(=O)C2CC2)cc1. The number of carbonyl (C=O) groups excluding carboxylic acids is 2. The number of carbonyl (C=O) groups is 2. The quantitative estimate of drug-likeness (QED) is 0.514. The largest absolute Gasteiger partial charge is 0.486 e. The number of furan rings is 1. The van der Waals surface area contributed by atoms with E-state index in [1.165, 1.54) is 11.1 Å². The van der Waals surface area contributed by atoms with Crippen molar-refractivity contribution >= 4 is 11.8 Å². The van der Waals surface area contributed by atoms with Crippen molar-refractivity contribution in [2.24, 2.45) is 5.92 Å². The van der Waals surface area contributed by atoms with E-state index in [2.05, 4.69) is 53.5 Å². The monoisotopic (exact) mass is 472 g/mol. The zero-order valence-electron chi connectivity index (χ0n) is 20.5. The second kappa shape index (κ2) is 9.61. The summed E-state index contributed by atoms with van der Waals surface area (Å²) in [6, 6.07) is 17.9. The summed E-state index contributed by atoms with van der Waals surface area (Å²) in [7, 11) is 0. The molecule has 1 aromatic heterocycles. The van der Waals surface area contributed by atoms with Crippen molar-refractivity contribution in [3.8, 4) is 5.75 Å². The van der Waals surface area contributed by atoms with Crippen molar-refractivity contribution in [2.45, 2.75) is 58.7 Å². The Balaban J connectivity index is 1.38. The fourth-order valence-corrected chi connectivity index (χ4v) is 4.66. The lowest BCUT2D eigenvalue weighted by Gasteiger charge is -2.38. The average molecular weight is 473 g/mol. The summed E-state index contributed by atoms with van der Waals surface area (Å²) in [5.74, 6) is 1.77. The first-order valence-electron chi connectivity index (χ1n) is 12.4. The van der Waals surface area contributed by atoms with Crippen LogP contribution < -0.4 is 10.1 Å². The van der Waals surface area contributed by atoms with Crippen LogP contribution in [0.3, 0.4) is 0 Å². The van der Waals surface area contributed by atoms with Gasteiger partial charge in [0.2, 0.25) is 5.91 Å². The Labute approximate surface area is 206 Å². The van der Waals surface area contributed by atoms with Gasteiger partial charge in [-0.25, -0.2) is 0 Å². The Morgan fingerprint density at radius 1 is 1.09 bits per heavy atom. The van der Waals surface area contributed by atoms with E-state index in [-0.39, 0.29) is 42.2 Å². The van der Waals surface area contributed by atoms with Gasteiger partial charge >= 0.3 is 0 Å². The topological polar surface area (TPSA) is 71.8 Å². The molecule has 1 fully saturated rings. The van der Waals surface area contributed by atoms with E-state index in [0.29, 0.717) is 11.5 Å². The lowest BCUT2D eigenvalue weighted by atomic mass is 9.87. The van der Waals surface area contributed by atoms with Gasteiger partial charge in [0.05, 0.1) is 6.04 Å². The van der Waals surface area contributed by atoms with E-state index in [4.69, 9.17) is 9.15 Å². The third kappa shape index (κ3) is 5.11. The van der Waals surface area contributed by atoms with Crippen LogP contribution in [-0.4, -0.2) is 29.3 Å². The molecule has 6 heteroatoms. The second-order valence-electron chi connectivity index (χ2n) is 9.91.